The Bertz CT molecular complexity index is 479. The molecule has 1 saturated heterocycles. The molecule has 1 heterocycles. The molecule has 2 unspecified atom stereocenters. The largest absolute Gasteiger partial charge is 0.349 e. The Morgan fingerprint density at radius 2 is 2.16 bits per heavy atom. The molecule has 0 bridgehead atoms. The van der Waals surface area contributed by atoms with Crippen LogP contribution in [0, 0.1) is 0 Å². The van der Waals surface area contributed by atoms with E-state index >= 15 is 0 Å². The molecule has 0 aliphatic carbocycles. The molecule has 0 radical (unpaired) electrons. The molecule has 1 aliphatic rings. The van der Waals surface area contributed by atoms with Gasteiger partial charge < -0.3 is 10.2 Å². The number of hydrogen-bond donors (Lipinski definition) is 1. The van der Waals surface area contributed by atoms with E-state index in [0.717, 1.165) is 28.3 Å². The number of amides is 1. The van der Waals surface area contributed by atoms with Crippen LogP contribution in [0.5, 0.6) is 0 Å². The predicted octanol–water partition coefficient (Wildman–Crippen LogP) is 3.42. The molecule has 1 aromatic rings. The Hall–Kier alpha value is -0.390. The summed E-state index contributed by atoms with van der Waals surface area (Å²) in [6.45, 7) is 3.24. The summed E-state index contributed by atoms with van der Waals surface area (Å²) >= 11 is 6.83. The highest BCUT2D eigenvalue weighted by Crippen LogP contribution is 2.22. The summed E-state index contributed by atoms with van der Waals surface area (Å²) in [5.41, 5.74) is 0.681. The molecule has 5 heteroatoms. The number of nitrogens with one attached hydrogen (secondary N) is 1. The van der Waals surface area contributed by atoms with Gasteiger partial charge in [-0.25, -0.2) is 0 Å². The van der Waals surface area contributed by atoms with Gasteiger partial charge in [0.1, 0.15) is 0 Å². The summed E-state index contributed by atoms with van der Waals surface area (Å²) in [4.78, 5) is 14.6. The van der Waals surface area contributed by atoms with Crippen molar-refractivity contribution in [3.63, 3.8) is 0 Å². The Morgan fingerprint density at radius 1 is 1.42 bits per heavy atom. The summed E-state index contributed by atoms with van der Waals surface area (Å²) < 4.78 is 1.74. The van der Waals surface area contributed by atoms with E-state index in [-0.39, 0.29) is 11.9 Å². The second-order valence-corrected chi connectivity index (χ2v) is 6.92. The first-order valence-corrected chi connectivity index (χ1v) is 8.02. The zero-order valence-corrected chi connectivity index (χ0v) is 14.3. The molecule has 1 fully saturated rings. The number of halogens is 2. The van der Waals surface area contributed by atoms with Crippen molar-refractivity contribution in [2.24, 2.45) is 0 Å². The molecule has 1 N–H and O–H groups in total. The molecule has 2 rings (SSSR count). The molecular weight excluding hydrogens is 372 g/mol. The fourth-order valence-corrected chi connectivity index (χ4v) is 3.14. The van der Waals surface area contributed by atoms with Gasteiger partial charge in [-0.2, -0.15) is 0 Å². The van der Waals surface area contributed by atoms with Gasteiger partial charge in [0.25, 0.3) is 5.91 Å². The lowest BCUT2D eigenvalue weighted by Gasteiger charge is -2.35. The molecular formula is C14H18Br2N2O. The van der Waals surface area contributed by atoms with Crippen molar-refractivity contribution in [2.45, 2.75) is 31.8 Å². The topological polar surface area (TPSA) is 32.3 Å². The van der Waals surface area contributed by atoms with Gasteiger partial charge in [0.2, 0.25) is 0 Å². The molecule has 104 valence electrons. The fraction of sp³-hybridized carbons (Fsp3) is 0.500. The summed E-state index contributed by atoms with van der Waals surface area (Å²) in [6.07, 6.45) is 2.02. The number of carbonyl (C=O) groups excluding carboxylic acids is 1. The lowest BCUT2D eigenvalue weighted by molar-refractivity contribution is 0.0895. The highest BCUT2D eigenvalue weighted by atomic mass is 79.9. The quantitative estimate of drug-likeness (QED) is 0.840. The molecule has 0 aromatic heterocycles. The zero-order valence-electron chi connectivity index (χ0n) is 11.1. The zero-order chi connectivity index (χ0) is 14.0. The van der Waals surface area contributed by atoms with E-state index in [1.807, 2.05) is 18.2 Å². The summed E-state index contributed by atoms with van der Waals surface area (Å²) in [7, 11) is 2.13. The van der Waals surface area contributed by atoms with E-state index in [0.29, 0.717) is 11.6 Å². The van der Waals surface area contributed by atoms with Crippen LogP contribution in [0.4, 0.5) is 0 Å². The molecule has 19 heavy (non-hydrogen) atoms. The minimum atomic E-state index is -0.00470. The summed E-state index contributed by atoms with van der Waals surface area (Å²) in [5, 5.41) is 3.14. The van der Waals surface area contributed by atoms with Gasteiger partial charge in [0, 0.05) is 27.6 Å². The summed E-state index contributed by atoms with van der Waals surface area (Å²) in [5.74, 6) is -0.00470. The maximum absolute atomic E-state index is 12.3. The van der Waals surface area contributed by atoms with Crippen molar-refractivity contribution in [2.75, 3.05) is 13.6 Å². The van der Waals surface area contributed by atoms with Gasteiger partial charge in [0.15, 0.2) is 0 Å². The van der Waals surface area contributed by atoms with Crippen LogP contribution < -0.4 is 5.32 Å². The Balaban J connectivity index is 2.03. The van der Waals surface area contributed by atoms with Gasteiger partial charge in [-0.15, -0.1) is 0 Å². The smallest absolute Gasteiger partial charge is 0.252 e. The average molecular weight is 390 g/mol. The SMILES string of the molecule is CC1CC(NC(=O)c2cc(Br)ccc2Br)CCN1C. The van der Waals surface area contributed by atoms with Gasteiger partial charge in [0.05, 0.1) is 5.56 Å². The maximum Gasteiger partial charge on any atom is 0.252 e. The minimum absolute atomic E-state index is 0.00470. The van der Waals surface area contributed by atoms with E-state index in [9.17, 15) is 4.79 Å². The van der Waals surface area contributed by atoms with Crippen LogP contribution in [0.15, 0.2) is 27.1 Å². The van der Waals surface area contributed by atoms with Crippen molar-refractivity contribution in [1.29, 1.82) is 0 Å². The van der Waals surface area contributed by atoms with Gasteiger partial charge in [-0.05, 0) is 60.9 Å². The van der Waals surface area contributed by atoms with Crippen molar-refractivity contribution >= 4 is 37.8 Å². The lowest BCUT2D eigenvalue weighted by atomic mass is 9.98. The molecule has 3 nitrogen and oxygen atoms in total. The standard InChI is InChI=1S/C14H18Br2N2O/c1-9-7-11(5-6-18(9)2)17-14(19)12-8-10(15)3-4-13(12)16/h3-4,8-9,11H,5-7H2,1-2H3,(H,17,19). The Morgan fingerprint density at radius 3 is 2.84 bits per heavy atom. The monoisotopic (exact) mass is 388 g/mol. The molecule has 1 aliphatic heterocycles. The van der Waals surface area contributed by atoms with Crippen LogP contribution in [-0.4, -0.2) is 36.5 Å². The van der Waals surface area contributed by atoms with Crippen LogP contribution >= 0.6 is 31.9 Å². The normalized spacial score (nSPS) is 24.2. The number of benzene rings is 1. The first kappa shape index (κ1) is 15.0. The number of rotatable bonds is 2. The number of nitrogens with zero attached hydrogens (tertiary/aromatic N) is 1. The first-order chi connectivity index (χ1) is 8.97. The number of piperidine rings is 1. The summed E-state index contributed by atoms with van der Waals surface area (Å²) in [6, 6.07) is 6.43. The van der Waals surface area contributed by atoms with Gasteiger partial charge in [-0.3, -0.25) is 4.79 Å². The predicted molar refractivity (Wildman–Crippen MR) is 84.4 cm³/mol. The van der Waals surface area contributed by atoms with Gasteiger partial charge >= 0.3 is 0 Å². The first-order valence-electron chi connectivity index (χ1n) is 6.43. The molecule has 1 amide bonds. The Labute approximate surface area is 131 Å². The third-order valence-corrected chi connectivity index (χ3v) is 4.90. The van der Waals surface area contributed by atoms with Crippen LogP contribution in [-0.2, 0) is 0 Å². The van der Waals surface area contributed by atoms with E-state index in [4.69, 9.17) is 0 Å². The van der Waals surface area contributed by atoms with Crippen LogP contribution in [0.3, 0.4) is 0 Å². The molecule has 0 spiro atoms. The highest BCUT2D eigenvalue weighted by molar-refractivity contribution is 9.11. The van der Waals surface area contributed by atoms with E-state index < -0.39 is 0 Å². The molecule has 1 aromatic carbocycles. The van der Waals surface area contributed by atoms with Crippen LogP contribution in [0.2, 0.25) is 0 Å². The van der Waals surface area contributed by atoms with Crippen LogP contribution in [0.1, 0.15) is 30.1 Å². The van der Waals surface area contributed by atoms with Crippen molar-refractivity contribution in [3.05, 3.63) is 32.7 Å². The minimum Gasteiger partial charge on any atom is -0.349 e. The van der Waals surface area contributed by atoms with E-state index in [2.05, 4.69) is 56.0 Å². The fourth-order valence-electron chi connectivity index (χ4n) is 2.36. The van der Waals surface area contributed by atoms with Crippen LogP contribution in [0.25, 0.3) is 0 Å². The van der Waals surface area contributed by atoms with Gasteiger partial charge in [-0.1, -0.05) is 15.9 Å². The number of hydrogen-bond acceptors (Lipinski definition) is 2. The number of carbonyl (C=O) groups is 1. The van der Waals surface area contributed by atoms with E-state index in [1.165, 1.54) is 0 Å². The Kier molecular flexibility index (Phi) is 5.03. The van der Waals surface area contributed by atoms with E-state index in [1.54, 1.807) is 0 Å². The second-order valence-electron chi connectivity index (χ2n) is 5.15. The number of likely N-dealkylation sites (tertiary alicyclic amines) is 1. The third kappa shape index (κ3) is 3.80. The highest BCUT2D eigenvalue weighted by Gasteiger charge is 2.24. The average Bonchev–Trinajstić information content (AvgIpc) is 2.36. The van der Waals surface area contributed by atoms with Crippen molar-refractivity contribution < 1.29 is 4.79 Å². The van der Waals surface area contributed by atoms with Crippen molar-refractivity contribution in [3.8, 4) is 0 Å². The molecule has 0 saturated carbocycles. The van der Waals surface area contributed by atoms with Crippen molar-refractivity contribution in [1.82, 2.24) is 10.2 Å². The second kappa shape index (κ2) is 6.37. The molecule has 2 atom stereocenters. The lowest BCUT2D eigenvalue weighted by Crippen LogP contribution is -2.47. The maximum atomic E-state index is 12.3. The third-order valence-electron chi connectivity index (χ3n) is 3.72.